The summed E-state index contributed by atoms with van der Waals surface area (Å²) in [6.45, 7) is 0. The highest BCUT2D eigenvalue weighted by Gasteiger charge is 2.30. The number of carbonyl (C=O) groups is 1. The number of hydrogen-bond acceptors (Lipinski definition) is 5. The minimum atomic E-state index is -0.236. The van der Waals surface area contributed by atoms with Crippen LogP contribution in [0.3, 0.4) is 0 Å². The lowest BCUT2D eigenvalue weighted by molar-refractivity contribution is 0.0937. The Morgan fingerprint density at radius 3 is 2.79 bits per heavy atom. The SMILES string of the molecule is NC1CCCCCC1c1nc(C(=O)NC2CC2)no1. The summed E-state index contributed by atoms with van der Waals surface area (Å²) in [5.41, 5.74) is 6.16. The molecule has 2 unspecified atom stereocenters. The summed E-state index contributed by atoms with van der Waals surface area (Å²) in [5, 5.41) is 6.64. The Morgan fingerprint density at radius 2 is 2.00 bits per heavy atom. The lowest BCUT2D eigenvalue weighted by Crippen LogP contribution is -2.28. The van der Waals surface area contributed by atoms with Crippen molar-refractivity contribution < 1.29 is 9.32 Å². The van der Waals surface area contributed by atoms with E-state index in [9.17, 15) is 4.79 Å². The van der Waals surface area contributed by atoms with Crippen LogP contribution in [0.25, 0.3) is 0 Å². The van der Waals surface area contributed by atoms with Crippen LogP contribution in [-0.2, 0) is 0 Å². The van der Waals surface area contributed by atoms with Crippen LogP contribution in [0.5, 0.6) is 0 Å². The number of hydrogen-bond donors (Lipinski definition) is 2. The van der Waals surface area contributed by atoms with E-state index in [0.717, 1.165) is 38.5 Å². The van der Waals surface area contributed by atoms with Crippen molar-refractivity contribution in [2.24, 2.45) is 5.73 Å². The van der Waals surface area contributed by atoms with Gasteiger partial charge in [-0.15, -0.1) is 0 Å². The maximum atomic E-state index is 11.8. The van der Waals surface area contributed by atoms with Gasteiger partial charge in [0.15, 0.2) is 0 Å². The summed E-state index contributed by atoms with van der Waals surface area (Å²) in [5.74, 6) is 0.519. The molecule has 0 aliphatic heterocycles. The van der Waals surface area contributed by atoms with Crippen molar-refractivity contribution in [1.82, 2.24) is 15.5 Å². The molecule has 104 valence electrons. The van der Waals surface area contributed by atoms with Gasteiger partial charge in [0.1, 0.15) is 0 Å². The fourth-order valence-electron chi connectivity index (χ4n) is 2.60. The van der Waals surface area contributed by atoms with Gasteiger partial charge in [0.2, 0.25) is 5.89 Å². The summed E-state index contributed by atoms with van der Waals surface area (Å²) >= 11 is 0. The van der Waals surface area contributed by atoms with Gasteiger partial charge < -0.3 is 15.6 Å². The zero-order valence-electron chi connectivity index (χ0n) is 11.0. The molecule has 19 heavy (non-hydrogen) atoms. The molecule has 1 aromatic rings. The predicted molar refractivity (Wildman–Crippen MR) is 68.6 cm³/mol. The number of aromatic nitrogens is 2. The molecular formula is C13H20N4O2. The molecule has 2 atom stereocenters. The van der Waals surface area contributed by atoms with Gasteiger partial charge in [-0.2, -0.15) is 4.98 Å². The van der Waals surface area contributed by atoms with Crippen molar-refractivity contribution in [1.29, 1.82) is 0 Å². The van der Waals surface area contributed by atoms with E-state index in [1.54, 1.807) is 0 Å². The average molecular weight is 264 g/mol. The second kappa shape index (κ2) is 5.28. The Balaban J connectivity index is 1.70. The first-order chi connectivity index (χ1) is 9.24. The van der Waals surface area contributed by atoms with Crippen molar-refractivity contribution in [2.45, 2.75) is 62.9 Å². The summed E-state index contributed by atoms with van der Waals surface area (Å²) < 4.78 is 5.25. The van der Waals surface area contributed by atoms with Crippen molar-refractivity contribution in [2.75, 3.05) is 0 Å². The number of amides is 1. The van der Waals surface area contributed by atoms with E-state index in [1.165, 1.54) is 6.42 Å². The van der Waals surface area contributed by atoms with Gasteiger partial charge in [-0.3, -0.25) is 4.79 Å². The highest BCUT2D eigenvalue weighted by molar-refractivity contribution is 5.90. The third kappa shape index (κ3) is 2.94. The molecule has 1 heterocycles. The highest BCUT2D eigenvalue weighted by atomic mass is 16.5. The number of nitrogens with two attached hydrogens (primary N) is 1. The van der Waals surface area contributed by atoms with Crippen molar-refractivity contribution in [3.63, 3.8) is 0 Å². The Kier molecular flexibility index (Phi) is 3.50. The molecule has 0 saturated heterocycles. The maximum absolute atomic E-state index is 11.8. The van der Waals surface area contributed by atoms with Crippen molar-refractivity contribution >= 4 is 5.91 Å². The van der Waals surface area contributed by atoms with Crippen LogP contribution in [0.4, 0.5) is 0 Å². The predicted octanol–water partition coefficient (Wildman–Crippen LogP) is 1.34. The van der Waals surface area contributed by atoms with E-state index < -0.39 is 0 Å². The molecule has 6 heteroatoms. The van der Waals surface area contributed by atoms with Crippen LogP contribution in [0, 0.1) is 0 Å². The van der Waals surface area contributed by atoms with E-state index in [0.29, 0.717) is 11.9 Å². The van der Waals surface area contributed by atoms with Gasteiger partial charge in [0.25, 0.3) is 11.7 Å². The zero-order chi connectivity index (χ0) is 13.2. The molecule has 0 spiro atoms. The first-order valence-electron chi connectivity index (χ1n) is 7.14. The smallest absolute Gasteiger partial charge is 0.292 e. The minimum absolute atomic E-state index is 0.0577. The zero-order valence-corrected chi connectivity index (χ0v) is 11.0. The molecule has 0 bridgehead atoms. The van der Waals surface area contributed by atoms with Crippen LogP contribution in [0.2, 0.25) is 0 Å². The Labute approximate surface area is 112 Å². The van der Waals surface area contributed by atoms with Crippen molar-refractivity contribution in [3.8, 4) is 0 Å². The fraction of sp³-hybridized carbons (Fsp3) is 0.769. The lowest BCUT2D eigenvalue weighted by Gasteiger charge is -2.16. The number of nitrogens with one attached hydrogen (secondary N) is 1. The van der Waals surface area contributed by atoms with Crippen LogP contribution in [0.15, 0.2) is 4.52 Å². The monoisotopic (exact) mass is 264 g/mol. The molecule has 2 saturated carbocycles. The number of nitrogens with zero attached hydrogens (tertiary/aromatic N) is 2. The molecular weight excluding hydrogens is 244 g/mol. The summed E-state index contributed by atoms with van der Waals surface area (Å²) in [7, 11) is 0. The van der Waals surface area contributed by atoms with Gasteiger partial charge in [-0.1, -0.05) is 24.4 Å². The van der Waals surface area contributed by atoms with Gasteiger partial charge in [-0.25, -0.2) is 0 Å². The molecule has 2 aliphatic carbocycles. The van der Waals surface area contributed by atoms with Crippen LogP contribution < -0.4 is 11.1 Å². The van der Waals surface area contributed by atoms with E-state index in [-0.39, 0.29) is 23.7 Å². The first kappa shape index (κ1) is 12.6. The second-order valence-electron chi connectivity index (χ2n) is 5.61. The van der Waals surface area contributed by atoms with Crippen molar-refractivity contribution in [3.05, 3.63) is 11.7 Å². The van der Waals surface area contributed by atoms with Gasteiger partial charge in [0.05, 0.1) is 5.92 Å². The second-order valence-corrected chi connectivity index (χ2v) is 5.61. The van der Waals surface area contributed by atoms with Gasteiger partial charge >= 0.3 is 0 Å². The molecule has 3 rings (SSSR count). The van der Waals surface area contributed by atoms with Gasteiger partial charge in [0, 0.05) is 12.1 Å². The van der Waals surface area contributed by atoms with E-state index in [1.807, 2.05) is 0 Å². The minimum Gasteiger partial charge on any atom is -0.346 e. The fourth-order valence-corrected chi connectivity index (χ4v) is 2.60. The average Bonchev–Trinajstić information content (AvgIpc) is 3.12. The van der Waals surface area contributed by atoms with Crippen LogP contribution in [0.1, 0.15) is 67.4 Å². The largest absolute Gasteiger partial charge is 0.346 e. The van der Waals surface area contributed by atoms with Gasteiger partial charge in [-0.05, 0) is 25.7 Å². The van der Waals surface area contributed by atoms with E-state index in [2.05, 4.69) is 15.5 Å². The lowest BCUT2D eigenvalue weighted by atomic mass is 9.95. The Morgan fingerprint density at radius 1 is 1.21 bits per heavy atom. The summed E-state index contributed by atoms with van der Waals surface area (Å²) in [6, 6.07) is 0.358. The molecule has 1 aromatic heterocycles. The standard InChI is InChI=1S/C13H20N4O2/c14-10-5-3-1-2-4-9(10)13-16-11(17-19-13)12(18)15-8-6-7-8/h8-10H,1-7,14H2,(H,15,18). The third-order valence-electron chi connectivity index (χ3n) is 3.94. The number of carbonyl (C=O) groups excluding carboxylic acids is 1. The van der Waals surface area contributed by atoms with E-state index in [4.69, 9.17) is 10.3 Å². The highest BCUT2D eigenvalue weighted by Crippen LogP contribution is 2.30. The summed E-state index contributed by atoms with van der Waals surface area (Å²) in [4.78, 5) is 16.1. The Bertz CT molecular complexity index is 455. The molecule has 3 N–H and O–H groups in total. The third-order valence-corrected chi connectivity index (χ3v) is 3.94. The molecule has 0 radical (unpaired) electrons. The molecule has 2 fully saturated rings. The molecule has 1 amide bonds. The normalized spacial score (nSPS) is 27.8. The maximum Gasteiger partial charge on any atom is 0.292 e. The van der Waals surface area contributed by atoms with Crippen LogP contribution in [-0.4, -0.2) is 28.1 Å². The van der Waals surface area contributed by atoms with E-state index >= 15 is 0 Å². The quantitative estimate of drug-likeness (QED) is 0.803. The molecule has 6 nitrogen and oxygen atoms in total. The summed E-state index contributed by atoms with van der Waals surface area (Å²) in [6.07, 6.45) is 7.52. The van der Waals surface area contributed by atoms with Crippen LogP contribution >= 0.6 is 0 Å². The Hall–Kier alpha value is -1.43. The molecule has 2 aliphatic rings. The topological polar surface area (TPSA) is 94.0 Å². The molecule has 0 aromatic carbocycles. The first-order valence-corrected chi connectivity index (χ1v) is 7.14. The number of rotatable bonds is 3.